The third-order valence-electron chi connectivity index (χ3n) is 1.26. The highest BCUT2D eigenvalue weighted by atomic mass is 19.1. The molecule has 0 aliphatic heterocycles. The average molecular weight is 156 g/mol. The number of aromatic hydroxyl groups is 2. The molecule has 0 atom stereocenters. The summed E-state index contributed by atoms with van der Waals surface area (Å²) in [5, 5.41) is 17.6. The Morgan fingerprint density at radius 2 is 1.91 bits per heavy atom. The quantitative estimate of drug-likeness (QED) is 0.472. The molecule has 3 nitrogen and oxygen atoms in total. The molecule has 0 saturated carbocycles. The molecule has 0 bridgehead atoms. The number of phenolic OH excluding ortho intramolecular Hbond substituents is 2. The second-order valence-electron chi connectivity index (χ2n) is 1.95. The first-order valence-electron chi connectivity index (χ1n) is 2.82. The lowest BCUT2D eigenvalue weighted by Gasteiger charge is -1.99. The van der Waals surface area contributed by atoms with E-state index in [1.54, 1.807) is 0 Å². The van der Waals surface area contributed by atoms with Gasteiger partial charge in [0.25, 0.3) is 0 Å². The Kier molecular flexibility index (Phi) is 1.76. The first kappa shape index (κ1) is 7.53. The number of benzene rings is 1. The van der Waals surface area contributed by atoms with Crippen molar-refractivity contribution in [2.45, 2.75) is 0 Å². The van der Waals surface area contributed by atoms with Crippen LogP contribution in [0.1, 0.15) is 10.4 Å². The summed E-state index contributed by atoms with van der Waals surface area (Å²) in [6.07, 6.45) is 0.328. The topological polar surface area (TPSA) is 57.5 Å². The third-order valence-corrected chi connectivity index (χ3v) is 1.26. The first-order chi connectivity index (χ1) is 5.16. The van der Waals surface area contributed by atoms with Crippen molar-refractivity contribution >= 4 is 6.29 Å². The van der Waals surface area contributed by atoms with Gasteiger partial charge in [-0.25, -0.2) is 4.39 Å². The summed E-state index contributed by atoms with van der Waals surface area (Å²) in [6.45, 7) is 0. The molecular weight excluding hydrogens is 151 g/mol. The van der Waals surface area contributed by atoms with E-state index >= 15 is 0 Å². The molecule has 0 aliphatic rings. The van der Waals surface area contributed by atoms with Crippen molar-refractivity contribution in [2.75, 3.05) is 0 Å². The van der Waals surface area contributed by atoms with Gasteiger partial charge in [-0.1, -0.05) is 0 Å². The maximum atomic E-state index is 12.4. The predicted octanol–water partition coefficient (Wildman–Crippen LogP) is 1.05. The van der Waals surface area contributed by atoms with E-state index in [-0.39, 0.29) is 5.56 Å². The van der Waals surface area contributed by atoms with Gasteiger partial charge < -0.3 is 10.2 Å². The summed E-state index contributed by atoms with van der Waals surface area (Å²) in [4.78, 5) is 10.1. The van der Waals surface area contributed by atoms with Crippen LogP contribution in [-0.2, 0) is 0 Å². The van der Waals surface area contributed by atoms with Crippen LogP contribution >= 0.6 is 0 Å². The average Bonchev–Trinajstić information content (AvgIpc) is 2.01. The van der Waals surface area contributed by atoms with Gasteiger partial charge in [0.05, 0.1) is 5.56 Å². The van der Waals surface area contributed by atoms with Crippen molar-refractivity contribution in [3.8, 4) is 11.5 Å². The zero-order valence-electron chi connectivity index (χ0n) is 5.41. The number of carbonyl (C=O) groups is 1. The smallest absolute Gasteiger partial charge is 0.194 e. The van der Waals surface area contributed by atoms with E-state index in [9.17, 15) is 9.18 Å². The van der Waals surface area contributed by atoms with Crippen molar-refractivity contribution in [2.24, 2.45) is 0 Å². The number of hydrogen-bond donors (Lipinski definition) is 2. The highest BCUT2D eigenvalue weighted by Gasteiger charge is 2.09. The number of carbonyl (C=O) groups excluding carboxylic acids is 1. The Morgan fingerprint density at radius 1 is 1.27 bits per heavy atom. The molecule has 0 aromatic heterocycles. The molecule has 0 unspecified atom stereocenters. The van der Waals surface area contributed by atoms with E-state index in [0.29, 0.717) is 6.29 Å². The lowest BCUT2D eigenvalue weighted by atomic mass is 10.2. The Bertz CT molecular complexity index is 296. The molecule has 0 amide bonds. The van der Waals surface area contributed by atoms with Gasteiger partial charge in [0.2, 0.25) is 0 Å². The maximum absolute atomic E-state index is 12.4. The first-order valence-corrected chi connectivity index (χ1v) is 2.82. The Balaban J connectivity index is 3.36. The molecule has 11 heavy (non-hydrogen) atoms. The van der Waals surface area contributed by atoms with Crippen molar-refractivity contribution in [1.82, 2.24) is 0 Å². The largest absolute Gasteiger partial charge is 0.504 e. The molecule has 1 aromatic carbocycles. The number of aldehydes is 1. The van der Waals surface area contributed by atoms with Crippen LogP contribution in [-0.4, -0.2) is 16.5 Å². The van der Waals surface area contributed by atoms with Gasteiger partial charge in [0.15, 0.2) is 23.6 Å². The van der Waals surface area contributed by atoms with Crippen LogP contribution in [0.2, 0.25) is 0 Å². The molecule has 1 aromatic rings. The van der Waals surface area contributed by atoms with Crippen LogP contribution in [0.3, 0.4) is 0 Å². The van der Waals surface area contributed by atoms with Gasteiger partial charge in [-0.15, -0.1) is 0 Å². The molecule has 0 spiro atoms. The normalized spacial score (nSPS) is 9.55. The minimum atomic E-state index is -0.951. The van der Waals surface area contributed by atoms with Gasteiger partial charge in [0.1, 0.15) is 0 Å². The highest BCUT2D eigenvalue weighted by molar-refractivity contribution is 5.80. The lowest BCUT2D eigenvalue weighted by Crippen LogP contribution is -1.84. The van der Waals surface area contributed by atoms with E-state index < -0.39 is 17.3 Å². The molecule has 2 N–H and O–H groups in total. The minimum Gasteiger partial charge on any atom is -0.504 e. The van der Waals surface area contributed by atoms with Crippen LogP contribution in [0, 0.1) is 5.82 Å². The fourth-order valence-electron chi connectivity index (χ4n) is 0.666. The zero-order chi connectivity index (χ0) is 8.43. The lowest BCUT2D eigenvalue weighted by molar-refractivity contribution is 0.112. The van der Waals surface area contributed by atoms with Gasteiger partial charge in [-0.3, -0.25) is 4.79 Å². The fourth-order valence-corrected chi connectivity index (χ4v) is 0.666. The van der Waals surface area contributed by atoms with Crippen molar-refractivity contribution in [1.29, 1.82) is 0 Å². The number of rotatable bonds is 1. The Labute approximate surface area is 61.7 Å². The van der Waals surface area contributed by atoms with Crippen molar-refractivity contribution in [3.63, 3.8) is 0 Å². The Morgan fingerprint density at radius 3 is 2.45 bits per heavy atom. The predicted molar refractivity (Wildman–Crippen MR) is 35.1 cm³/mol. The fraction of sp³-hybridized carbons (Fsp3) is 0. The van der Waals surface area contributed by atoms with Crippen LogP contribution < -0.4 is 0 Å². The summed E-state index contributed by atoms with van der Waals surface area (Å²) >= 11 is 0. The molecule has 0 aliphatic carbocycles. The molecule has 1 rings (SSSR count). The standard InChI is InChI=1S/C7H5FO3/c8-5-2-1-4(3-9)6(10)7(5)11/h1-3,10-11H. The molecule has 0 saturated heterocycles. The molecule has 0 radical (unpaired) electrons. The molecule has 58 valence electrons. The summed E-state index contributed by atoms with van der Waals surface area (Å²) in [5.41, 5.74) is -0.135. The summed E-state index contributed by atoms with van der Waals surface area (Å²) in [5.74, 6) is -2.57. The van der Waals surface area contributed by atoms with Crippen molar-refractivity contribution < 1.29 is 19.4 Å². The van der Waals surface area contributed by atoms with E-state index in [0.717, 1.165) is 12.1 Å². The highest BCUT2D eigenvalue weighted by Crippen LogP contribution is 2.29. The maximum Gasteiger partial charge on any atom is 0.194 e. The van der Waals surface area contributed by atoms with E-state index in [4.69, 9.17) is 10.2 Å². The molecule has 4 heteroatoms. The van der Waals surface area contributed by atoms with Gasteiger partial charge in [0, 0.05) is 0 Å². The van der Waals surface area contributed by atoms with Crippen LogP contribution in [0.5, 0.6) is 11.5 Å². The van der Waals surface area contributed by atoms with Gasteiger partial charge in [-0.2, -0.15) is 0 Å². The van der Waals surface area contributed by atoms with E-state index in [1.165, 1.54) is 0 Å². The Hall–Kier alpha value is -1.58. The van der Waals surface area contributed by atoms with E-state index in [2.05, 4.69) is 0 Å². The van der Waals surface area contributed by atoms with Crippen LogP contribution in [0.25, 0.3) is 0 Å². The second kappa shape index (κ2) is 2.57. The van der Waals surface area contributed by atoms with Crippen LogP contribution in [0.15, 0.2) is 12.1 Å². The molecule has 0 fully saturated rings. The molecule has 0 heterocycles. The SMILES string of the molecule is O=Cc1ccc(F)c(O)c1O. The summed E-state index contributed by atoms with van der Waals surface area (Å²) < 4.78 is 12.4. The zero-order valence-corrected chi connectivity index (χ0v) is 5.41. The van der Waals surface area contributed by atoms with Gasteiger partial charge in [-0.05, 0) is 12.1 Å². The summed E-state index contributed by atoms with van der Waals surface area (Å²) in [7, 11) is 0. The third kappa shape index (κ3) is 1.14. The molecular formula is C7H5FO3. The monoisotopic (exact) mass is 156 g/mol. The second-order valence-corrected chi connectivity index (χ2v) is 1.95. The number of phenols is 2. The summed E-state index contributed by atoms with van der Waals surface area (Å²) in [6, 6.07) is 1.98. The number of halogens is 1. The number of hydrogen-bond acceptors (Lipinski definition) is 3. The van der Waals surface area contributed by atoms with Crippen molar-refractivity contribution in [3.05, 3.63) is 23.5 Å². The van der Waals surface area contributed by atoms with Crippen LogP contribution in [0.4, 0.5) is 4.39 Å². The minimum absolute atomic E-state index is 0.135. The van der Waals surface area contributed by atoms with Gasteiger partial charge >= 0.3 is 0 Å². The van der Waals surface area contributed by atoms with E-state index in [1.807, 2.05) is 0 Å².